The topological polar surface area (TPSA) is 57.5 Å². The molecule has 0 saturated heterocycles. The molecule has 0 atom stereocenters. The maximum absolute atomic E-state index is 9.37. The molecule has 0 radical (unpaired) electrons. The molecule has 0 fully saturated rings. The van der Waals surface area contributed by atoms with Crippen LogP contribution in [0.1, 0.15) is 46.5 Å². The molecule has 0 aromatic rings. The summed E-state index contributed by atoms with van der Waals surface area (Å²) in [5.74, 6) is 0. The smallest absolute Gasteiger partial charge is 0.290 e. The molecule has 3 nitrogen and oxygen atoms in total. The summed E-state index contributed by atoms with van der Waals surface area (Å²) in [5, 5.41) is 16.3. The van der Waals surface area contributed by atoms with Gasteiger partial charge >= 0.3 is 0 Å². The fraction of sp³-hybridized carbons (Fsp3) is 0.727. The standard InChI is InChI=1S/C10H20O.CH2O2/c1-5-9(2)7-6-8-10(3,4)11;2-1-3/h11H,2,5-8H2,1,3-4H3;1H,(H,2,3). The van der Waals surface area contributed by atoms with E-state index >= 15 is 0 Å². The first-order valence-electron chi connectivity index (χ1n) is 4.84. The Hall–Kier alpha value is -0.830. The Labute approximate surface area is 86.5 Å². The highest BCUT2D eigenvalue weighted by molar-refractivity contribution is 5.32. The van der Waals surface area contributed by atoms with E-state index in [0.717, 1.165) is 25.7 Å². The van der Waals surface area contributed by atoms with Crippen molar-refractivity contribution in [3.05, 3.63) is 12.2 Å². The van der Waals surface area contributed by atoms with Crippen LogP contribution in [0.3, 0.4) is 0 Å². The third-order valence-corrected chi connectivity index (χ3v) is 1.82. The van der Waals surface area contributed by atoms with Gasteiger partial charge in [0.25, 0.3) is 6.47 Å². The van der Waals surface area contributed by atoms with Gasteiger partial charge in [0.2, 0.25) is 0 Å². The highest BCUT2D eigenvalue weighted by atomic mass is 16.3. The minimum absolute atomic E-state index is 0.250. The number of aliphatic hydroxyl groups is 1. The van der Waals surface area contributed by atoms with Crippen molar-refractivity contribution in [3.63, 3.8) is 0 Å². The Balaban J connectivity index is 0. The summed E-state index contributed by atoms with van der Waals surface area (Å²) in [6, 6.07) is 0. The van der Waals surface area contributed by atoms with Gasteiger partial charge in [0.1, 0.15) is 0 Å². The first-order chi connectivity index (χ1) is 6.37. The second-order valence-corrected chi connectivity index (χ2v) is 3.87. The minimum Gasteiger partial charge on any atom is -0.483 e. The van der Waals surface area contributed by atoms with E-state index in [1.54, 1.807) is 0 Å². The first-order valence-corrected chi connectivity index (χ1v) is 4.84. The van der Waals surface area contributed by atoms with E-state index in [-0.39, 0.29) is 6.47 Å². The summed E-state index contributed by atoms with van der Waals surface area (Å²) in [6.07, 6.45) is 4.04. The highest BCUT2D eigenvalue weighted by Crippen LogP contribution is 2.15. The lowest BCUT2D eigenvalue weighted by atomic mass is 9.99. The second kappa shape index (κ2) is 8.75. The van der Waals surface area contributed by atoms with Crippen molar-refractivity contribution in [2.45, 2.75) is 52.1 Å². The summed E-state index contributed by atoms with van der Waals surface area (Å²) in [5.41, 5.74) is 0.780. The Kier molecular flexibility index (Phi) is 9.78. The molecule has 3 heteroatoms. The number of hydrogen-bond acceptors (Lipinski definition) is 2. The number of carboxylic acid groups (broad SMARTS) is 1. The fourth-order valence-corrected chi connectivity index (χ4v) is 0.948. The van der Waals surface area contributed by atoms with Crippen LogP contribution in [0, 0.1) is 0 Å². The number of carbonyl (C=O) groups is 1. The molecule has 0 spiro atoms. The summed E-state index contributed by atoms with van der Waals surface area (Å²) in [7, 11) is 0. The molecule has 0 aliphatic carbocycles. The molecule has 0 heterocycles. The van der Waals surface area contributed by atoms with Crippen LogP contribution in [-0.4, -0.2) is 22.3 Å². The average Bonchev–Trinajstić information content (AvgIpc) is 2.03. The largest absolute Gasteiger partial charge is 0.483 e. The third-order valence-electron chi connectivity index (χ3n) is 1.82. The Bertz CT molecular complexity index is 156. The van der Waals surface area contributed by atoms with Gasteiger partial charge in [-0.15, -0.1) is 0 Å². The zero-order chi connectivity index (χ0) is 11.6. The molecule has 0 amide bonds. The summed E-state index contributed by atoms with van der Waals surface area (Å²) < 4.78 is 0. The van der Waals surface area contributed by atoms with Gasteiger partial charge in [-0.25, -0.2) is 0 Å². The van der Waals surface area contributed by atoms with Crippen molar-refractivity contribution in [1.82, 2.24) is 0 Å². The van der Waals surface area contributed by atoms with E-state index in [1.165, 1.54) is 5.57 Å². The number of rotatable bonds is 5. The average molecular weight is 202 g/mol. The predicted octanol–water partition coefficient (Wildman–Crippen LogP) is 2.59. The van der Waals surface area contributed by atoms with Crippen LogP contribution < -0.4 is 0 Å². The maximum Gasteiger partial charge on any atom is 0.290 e. The van der Waals surface area contributed by atoms with Gasteiger partial charge in [0.15, 0.2) is 0 Å². The van der Waals surface area contributed by atoms with Gasteiger partial charge in [-0.3, -0.25) is 4.79 Å². The van der Waals surface area contributed by atoms with Crippen molar-refractivity contribution in [1.29, 1.82) is 0 Å². The molecule has 2 N–H and O–H groups in total. The highest BCUT2D eigenvalue weighted by Gasteiger charge is 2.10. The van der Waals surface area contributed by atoms with E-state index in [2.05, 4.69) is 13.5 Å². The summed E-state index contributed by atoms with van der Waals surface area (Å²) in [6.45, 7) is 9.48. The molecule has 0 saturated carbocycles. The molecule has 84 valence electrons. The number of hydrogen-bond donors (Lipinski definition) is 2. The van der Waals surface area contributed by atoms with Crippen molar-refractivity contribution in [2.24, 2.45) is 0 Å². The Morgan fingerprint density at radius 1 is 1.50 bits per heavy atom. The summed E-state index contributed by atoms with van der Waals surface area (Å²) in [4.78, 5) is 8.36. The third kappa shape index (κ3) is 17.3. The van der Waals surface area contributed by atoms with Crippen molar-refractivity contribution in [2.75, 3.05) is 0 Å². The monoisotopic (exact) mass is 202 g/mol. The van der Waals surface area contributed by atoms with Gasteiger partial charge in [-0.2, -0.15) is 0 Å². The van der Waals surface area contributed by atoms with Gasteiger partial charge in [-0.1, -0.05) is 19.1 Å². The van der Waals surface area contributed by atoms with Gasteiger partial charge in [0, 0.05) is 0 Å². The quantitative estimate of drug-likeness (QED) is 0.532. The van der Waals surface area contributed by atoms with E-state index in [4.69, 9.17) is 9.90 Å². The van der Waals surface area contributed by atoms with Gasteiger partial charge < -0.3 is 10.2 Å². The van der Waals surface area contributed by atoms with Crippen LogP contribution in [0.4, 0.5) is 0 Å². The van der Waals surface area contributed by atoms with Crippen LogP contribution in [0.15, 0.2) is 12.2 Å². The van der Waals surface area contributed by atoms with E-state index in [0.29, 0.717) is 0 Å². The molecule has 0 aromatic heterocycles. The summed E-state index contributed by atoms with van der Waals surface area (Å²) >= 11 is 0. The van der Waals surface area contributed by atoms with Crippen molar-refractivity contribution >= 4 is 6.47 Å². The lowest BCUT2D eigenvalue weighted by Crippen LogP contribution is -2.17. The van der Waals surface area contributed by atoms with Gasteiger partial charge in [0.05, 0.1) is 5.60 Å². The van der Waals surface area contributed by atoms with Crippen molar-refractivity contribution in [3.8, 4) is 0 Å². The van der Waals surface area contributed by atoms with Crippen LogP contribution in [-0.2, 0) is 4.79 Å². The predicted molar refractivity (Wildman–Crippen MR) is 58.3 cm³/mol. The van der Waals surface area contributed by atoms with E-state index < -0.39 is 5.60 Å². The SMILES string of the molecule is C=C(CC)CCCC(C)(C)O.O=CO. The maximum atomic E-state index is 9.37. The molecule has 0 bridgehead atoms. The second-order valence-electron chi connectivity index (χ2n) is 3.87. The number of allylic oxidation sites excluding steroid dienone is 1. The molecule has 14 heavy (non-hydrogen) atoms. The molecular weight excluding hydrogens is 180 g/mol. The molecule has 0 aliphatic rings. The molecule has 0 aliphatic heterocycles. The van der Waals surface area contributed by atoms with Crippen molar-refractivity contribution < 1.29 is 15.0 Å². The fourth-order valence-electron chi connectivity index (χ4n) is 0.948. The minimum atomic E-state index is -0.506. The molecular formula is C11H22O3. The van der Waals surface area contributed by atoms with Crippen LogP contribution in [0.25, 0.3) is 0 Å². The lowest BCUT2D eigenvalue weighted by molar-refractivity contribution is -0.122. The zero-order valence-electron chi connectivity index (χ0n) is 9.42. The van der Waals surface area contributed by atoms with Crippen LogP contribution >= 0.6 is 0 Å². The normalized spacial score (nSPS) is 10.0. The lowest BCUT2D eigenvalue weighted by Gasteiger charge is -2.16. The molecule has 0 unspecified atom stereocenters. The first kappa shape index (κ1) is 15.6. The Morgan fingerprint density at radius 2 is 1.93 bits per heavy atom. The molecule has 0 rings (SSSR count). The van der Waals surface area contributed by atoms with E-state index in [1.807, 2.05) is 13.8 Å². The Morgan fingerprint density at radius 3 is 2.21 bits per heavy atom. The van der Waals surface area contributed by atoms with E-state index in [9.17, 15) is 5.11 Å². The zero-order valence-corrected chi connectivity index (χ0v) is 9.42. The molecule has 0 aromatic carbocycles. The van der Waals surface area contributed by atoms with Crippen LogP contribution in [0.2, 0.25) is 0 Å². The van der Waals surface area contributed by atoms with Crippen LogP contribution in [0.5, 0.6) is 0 Å². The van der Waals surface area contributed by atoms with Gasteiger partial charge in [-0.05, 0) is 39.5 Å².